The molecule has 0 aromatic carbocycles. The van der Waals surface area contributed by atoms with Crippen LogP contribution in [0.3, 0.4) is 0 Å². The van der Waals surface area contributed by atoms with Crippen LogP contribution >= 0.6 is 11.3 Å². The molecule has 1 saturated heterocycles. The minimum absolute atomic E-state index is 0.435. The zero-order valence-electron chi connectivity index (χ0n) is 10.8. The third-order valence-corrected chi connectivity index (χ3v) is 4.49. The molecule has 1 fully saturated rings. The van der Waals surface area contributed by atoms with Crippen LogP contribution in [0.2, 0.25) is 0 Å². The molecule has 2 aromatic rings. The number of aryl methyl sites for hydroxylation is 2. The van der Waals surface area contributed by atoms with Crippen molar-refractivity contribution in [1.29, 1.82) is 0 Å². The molecule has 0 bridgehead atoms. The van der Waals surface area contributed by atoms with Crippen molar-refractivity contribution in [3.63, 3.8) is 0 Å². The molecule has 1 unspecified atom stereocenters. The first-order chi connectivity index (χ1) is 8.72. The van der Waals surface area contributed by atoms with E-state index in [2.05, 4.69) is 35.2 Å². The topological polar surface area (TPSA) is 29.3 Å². The molecule has 3 nitrogen and oxygen atoms in total. The summed E-state index contributed by atoms with van der Waals surface area (Å²) >= 11 is 1.89. The Morgan fingerprint density at radius 2 is 2.33 bits per heavy atom. The van der Waals surface area contributed by atoms with Gasteiger partial charge >= 0.3 is 0 Å². The molecule has 3 rings (SSSR count). The highest BCUT2D eigenvalue weighted by Gasteiger charge is 2.28. The van der Waals surface area contributed by atoms with Gasteiger partial charge in [0.15, 0.2) is 0 Å². The van der Waals surface area contributed by atoms with Crippen molar-refractivity contribution in [2.24, 2.45) is 0 Å². The Morgan fingerprint density at radius 1 is 1.44 bits per heavy atom. The van der Waals surface area contributed by atoms with Crippen molar-refractivity contribution in [2.75, 3.05) is 6.54 Å². The quantitative estimate of drug-likeness (QED) is 0.844. The molecule has 0 saturated carbocycles. The van der Waals surface area contributed by atoms with Gasteiger partial charge < -0.3 is 4.52 Å². The van der Waals surface area contributed by atoms with E-state index in [1.54, 1.807) is 0 Å². The van der Waals surface area contributed by atoms with Crippen LogP contribution in [0.5, 0.6) is 0 Å². The Labute approximate surface area is 111 Å². The highest BCUT2D eigenvalue weighted by Crippen LogP contribution is 2.33. The average Bonchev–Trinajstić information content (AvgIpc) is 3.01. The van der Waals surface area contributed by atoms with E-state index in [-0.39, 0.29) is 0 Å². The summed E-state index contributed by atoms with van der Waals surface area (Å²) < 4.78 is 5.21. The lowest BCUT2D eigenvalue weighted by molar-refractivity contribution is 0.238. The smallest absolute Gasteiger partial charge is 0.133 e. The van der Waals surface area contributed by atoms with Crippen molar-refractivity contribution in [1.82, 2.24) is 10.1 Å². The molecule has 3 heterocycles. The molecule has 0 radical (unpaired) electrons. The first-order valence-corrected chi connectivity index (χ1v) is 7.26. The maximum Gasteiger partial charge on any atom is 0.133 e. The molecule has 1 aliphatic rings. The lowest BCUT2D eigenvalue weighted by Gasteiger charge is -2.21. The molecule has 4 heteroatoms. The summed E-state index contributed by atoms with van der Waals surface area (Å²) in [7, 11) is 0. The SMILES string of the molecule is Cc1cc(C2CCCN2Cc2ccc(C)s2)no1. The number of likely N-dealkylation sites (tertiary alicyclic amines) is 1. The van der Waals surface area contributed by atoms with Crippen LogP contribution in [0, 0.1) is 13.8 Å². The molecular formula is C14H18N2OS. The van der Waals surface area contributed by atoms with Crippen LogP contribution < -0.4 is 0 Å². The van der Waals surface area contributed by atoms with E-state index >= 15 is 0 Å². The molecule has 96 valence electrons. The van der Waals surface area contributed by atoms with Gasteiger partial charge in [0.25, 0.3) is 0 Å². The lowest BCUT2D eigenvalue weighted by atomic mass is 10.1. The summed E-state index contributed by atoms with van der Waals surface area (Å²) in [6, 6.07) is 6.95. The van der Waals surface area contributed by atoms with Gasteiger partial charge in [-0.1, -0.05) is 5.16 Å². The van der Waals surface area contributed by atoms with Gasteiger partial charge in [0, 0.05) is 22.4 Å². The highest BCUT2D eigenvalue weighted by atomic mass is 32.1. The first-order valence-electron chi connectivity index (χ1n) is 6.45. The van der Waals surface area contributed by atoms with E-state index in [0.29, 0.717) is 6.04 Å². The maximum atomic E-state index is 5.21. The van der Waals surface area contributed by atoms with Crippen molar-refractivity contribution in [3.8, 4) is 0 Å². The van der Waals surface area contributed by atoms with Gasteiger partial charge in [0.2, 0.25) is 0 Å². The van der Waals surface area contributed by atoms with Gasteiger partial charge in [0.05, 0.1) is 6.04 Å². The monoisotopic (exact) mass is 262 g/mol. The van der Waals surface area contributed by atoms with Crippen molar-refractivity contribution < 1.29 is 4.52 Å². The average molecular weight is 262 g/mol. The van der Waals surface area contributed by atoms with Crippen molar-refractivity contribution in [3.05, 3.63) is 39.4 Å². The van der Waals surface area contributed by atoms with Gasteiger partial charge in [-0.25, -0.2) is 0 Å². The highest BCUT2D eigenvalue weighted by molar-refractivity contribution is 7.11. The fraction of sp³-hybridized carbons (Fsp3) is 0.500. The molecule has 0 spiro atoms. The van der Waals surface area contributed by atoms with Crippen LogP contribution in [0.25, 0.3) is 0 Å². The van der Waals surface area contributed by atoms with Gasteiger partial charge in [-0.15, -0.1) is 11.3 Å². The first kappa shape index (κ1) is 11.9. The second kappa shape index (κ2) is 4.86. The molecule has 0 amide bonds. The van der Waals surface area contributed by atoms with Crippen LogP contribution in [-0.4, -0.2) is 16.6 Å². The minimum atomic E-state index is 0.435. The number of rotatable bonds is 3. The van der Waals surface area contributed by atoms with Crippen molar-refractivity contribution >= 4 is 11.3 Å². The normalized spacial score (nSPS) is 20.7. The van der Waals surface area contributed by atoms with E-state index in [4.69, 9.17) is 4.52 Å². The molecule has 18 heavy (non-hydrogen) atoms. The zero-order valence-corrected chi connectivity index (χ0v) is 11.7. The van der Waals surface area contributed by atoms with E-state index in [9.17, 15) is 0 Å². The van der Waals surface area contributed by atoms with Crippen LogP contribution in [0.1, 0.15) is 40.1 Å². The third-order valence-electron chi connectivity index (χ3n) is 3.51. The second-order valence-corrected chi connectivity index (χ2v) is 6.38. The van der Waals surface area contributed by atoms with Crippen LogP contribution in [0.4, 0.5) is 0 Å². The van der Waals surface area contributed by atoms with E-state index in [1.165, 1.54) is 22.6 Å². The van der Waals surface area contributed by atoms with Crippen LogP contribution in [0.15, 0.2) is 22.7 Å². The fourth-order valence-electron chi connectivity index (χ4n) is 2.66. The Kier molecular flexibility index (Phi) is 3.22. The summed E-state index contributed by atoms with van der Waals surface area (Å²) in [6.07, 6.45) is 2.44. The number of thiophene rings is 1. The van der Waals surface area contributed by atoms with Crippen LogP contribution in [-0.2, 0) is 6.54 Å². The van der Waals surface area contributed by atoms with E-state index < -0.39 is 0 Å². The molecule has 1 atom stereocenters. The zero-order chi connectivity index (χ0) is 12.5. The van der Waals surface area contributed by atoms with E-state index in [1.807, 2.05) is 18.3 Å². The second-order valence-electron chi connectivity index (χ2n) is 5.00. The summed E-state index contributed by atoms with van der Waals surface area (Å²) in [5.74, 6) is 0.906. The lowest BCUT2D eigenvalue weighted by Crippen LogP contribution is -2.22. The number of hydrogen-bond donors (Lipinski definition) is 0. The Hall–Kier alpha value is -1.13. The number of aromatic nitrogens is 1. The van der Waals surface area contributed by atoms with E-state index in [0.717, 1.165) is 24.5 Å². The standard InChI is InChI=1S/C14H18N2OS/c1-10-8-13(15-17-10)14-4-3-7-16(14)9-12-6-5-11(2)18-12/h5-6,8,14H,3-4,7,9H2,1-2H3. The summed E-state index contributed by atoms with van der Waals surface area (Å²) in [4.78, 5) is 5.35. The Morgan fingerprint density at radius 3 is 3.00 bits per heavy atom. The molecule has 0 aliphatic carbocycles. The third kappa shape index (κ3) is 2.35. The Balaban J connectivity index is 1.75. The van der Waals surface area contributed by atoms with Crippen molar-refractivity contribution in [2.45, 2.75) is 39.3 Å². The molecular weight excluding hydrogens is 244 g/mol. The predicted molar refractivity (Wildman–Crippen MR) is 72.7 cm³/mol. The minimum Gasteiger partial charge on any atom is -0.361 e. The summed E-state index contributed by atoms with van der Waals surface area (Å²) in [6.45, 7) is 6.32. The molecule has 0 N–H and O–H groups in total. The predicted octanol–water partition coefficient (Wildman–Crippen LogP) is 3.69. The fourth-order valence-corrected chi connectivity index (χ4v) is 3.58. The van der Waals surface area contributed by atoms with Gasteiger partial charge in [-0.3, -0.25) is 4.90 Å². The molecule has 2 aromatic heterocycles. The van der Waals surface area contributed by atoms with Gasteiger partial charge in [-0.05, 0) is 45.4 Å². The summed E-state index contributed by atoms with van der Waals surface area (Å²) in [5, 5.41) is 4.18. The number of hydrogen-bond acceptors (Lipinski definition) is 4. The molecule has 1 aliphatic heterocycles. The largest absolute Gasteiger partial charge is 0.361 e. The number of nitrogens with zero attached hydrogens (tertiary/aromatic N) is 2. The Bertz CT molecular complexity index is 531. The van der Waals surface area contributed by atoms with Gasteiger partial charge in [-0.2, -0.15) is 0 Å². The maximum absolute atomic E-state index is 5.21. The summed E-state index contributed by atoms with van der Waals surface area (Å²) in [5.41, 5.74) is 1.10. The van der Waals surface area contributed by atoms with Gasteiger partial charge in [0.1, 0.15) is 11.5 Å².